The van der Waals surface area contributed by atoms with Crippen LogP contribution in [0.15, 0.2) is 72.8 Å². The number of amides is 1. The summed E-state index contributed by atoms with van der Waals surface area (Å²) in [5.74, 6) is -3.85. The van der Waals surface area contributed by atoms with E-state index < -0.39 is 48.9 Å². The lowest BCUT2D eigenvalue weighted by molar-refractivity contribution is -0.193. The summed E-state index contributed by atoms with van der Waals surface area (Å²) in [6, 6.07) is 21.0. The third-order valence-electron chi connectivity index (χ3n) is 7.44. The molecule has 3 aromatic rings. The van der Waals surface area contributed by atoms with Gasteiger partial charge in [0.25, 0.3) is 11.8 Å². The molecule has 6 nitrogen and oxygen atoms in total. The lowest BCUT2D eigenvalue weighted by Gasteiger charge is -2.40. The summed E-state index contributed by atoms with van der Waals surface area (Å²) in [4.78, 5) is 27.7. The maximum atomic E-state index is 13.9. The van der Waals surface area contributed by atoms with Gasteiger partial charge in [-0.3, -0.25) is 4.79 Å². The van der Waals surface area contributed by atoms with Gasteiger partial charge in [0.1, 0.15) is 18.4 Å². The van der Waals surface area contributed by atoms with E-state index in [1.54, 1.807) is 30.3 Å². The van der Waals surface area contributed by atoms with E-state index >= 15 is 0 Å². The van der Waals surface area contributed by atoms with Crippen molar-refractivity contribution < 1.29 is 33.0 Å². The van der Waals surface area contributed by atoms with Crippen molar-refractivity contribution in [1.82, 2.24) is 4.90 Å². The fraction of sp³-hybridized carbons (Fsp3) is 0.355. The highest BCUT2D eigenvalue weighted by molar-refractivity contribution is 5.88. The van der Waals surface area contributed by atoms with E-state index in [4.69, 9.17) is 9.47 Å². The lowest BCUT2D eigenvalue weighted by atomic mass is 9.89. The normalized spacial score (nSPS) is 19.1. The number of alkyl halides is 2. The van der Waals surface area contributed by atoms with Crippen LogP contribution in [0.4, 0.5) is 8.78 Å². The first kappa shape index (κ1) is 26.8. The third-order valence-corrected chi connectivity index (χ3v) is 7.44. The SMILES string of the molecule is CCc1ccc2c(c1OCc1ccccc1)CC(C(=O)O)N(C(=O)C(OC1CC(F)(F)C1)c1ccccc1)C2. The van der Waals surface area contributed by atoms with Crippen LogP contribution in [-0.4, -0.2) is 40.0 Å². The third kappa shape index (κ3) is 5.81. The standard InChI is InChI=1S/C31H31F2NO5/c1-2-21-13-14-23-18-34(26(30(36)37)15-25(23)27(21)38-19-20-9-5-3-6-10-20)29(35)28(22-11-7-4-8-12-22)39-24-16-31(32,33)17-24/h3-14,24,26,28H,2,15-19H2,1H3,(H,36,37). The Morgan fingerprint density at radius 2 is 1.69 bits per heavy atom. The number of aryl methyl sites for hydroxylation is 1. The molecule has 0 saturated heterocycles. The summed E-state index contributed by atoms with van der Waals surface area (Å²) in [5, 5.41) is 10.2. The van der Waals surface area contributed by atoms with E-state index in [0.717, 1.165) is 22.3 Å². The first-order valence-electron chi connectivity index (χ1n) is 13.2. The molecule has 1 aliphatic heterocycles. The maximum absolute atomic E-state index is 13.9. The van der Waals surface area contributed by atoms with Gasteiger partial charge in [-0.1, -0.05) is 79.7 Å². The maximum Gasteiger partial charge on any atom is 0.326 e. The summed E-state index contributed by atoms with van der Waals surface area (Å²) in [6.07, 6.45) is -2.11. The Morgan fingerprint density at radius 3 is 2.31 bits per heavy atom. The van der Waals surface area contributed by atoms with E-state index in [2.05, 4.69) is 0 Å². The molecule has 2 unspecified atom stereocenters. The summed E-state index contributed by atoms with van der Waals surface area (Å²) in [7, 11) is 0. The number of nitrogens with zero attached hydrogens (tertiary/aromatic N) is 1. The average molecular weight is 536 g/mol. The first-order chi connectivity index (χ1) is 18.8. The van der Waals surface area contributed by atoms with E-state index in [1.165, 1.54) is 4.90 Å². The van der Waals surface area contributed by atoms with Gasteiger partial charge in [0.15, 0.2) is 6.10 Å². The predicted octanol–water partition coefficient (Wildman–Crippen LogP) is 5.72. The highest BCUT2D eigenvalue weighted by Crippen LogP contribution is 2.42. The zero-order valence-corrected chi connectivity index (χ0v) is 21.7. The molecule has 0 spiro atoms. The van der Waals surface area contributed by atoms with Crippen LogP contribution in [0.5, 0.6) is 5.75 Å². The number of rotatable bonds is 9. The number of benzene rings is 3. The molecule has 39 heavy (non-hydrogen) atoms. The lowest BCUT2D eigenvalue weighted by Crippen LogP contribution is -2.52. The van der Waals surface area contributed by atoms with Crippen LogP contribution >= 0.6 is 0 Å². The van der Waals surface area contributed by atoms with E-state index in [9.17, 15) is 23.5 Å². The summed E-state index contributed by atoms with van der Waals surface area (Å²) < 4.78 is 39.2. The molecule has 1 N–H and O–H groups in total. The molecular formula is C31H31F2NO5. The van der Waals surface area contributed by atoms with Crippen LogP contribution in [0.1, 0.15) is 53.7 Å². The van der Waals surface area contributed by atoms with Gasteiger partial charge >= 0.3 is 5.97 Å². The Kier molecular flexibility index (Phi) is 7.66. The molecule has 1 aliphatic carbocycles. The highest BCUT2D eigenvalue weighted by Gasteiger charge is 2.49. The molecule has 3 aromatic carbocycles. The molecule has 2 atom stereocenters. The number of halogens is 2. The second kappa shape index (κ2) is 11.1. The van der Waals surface area contributed by atoms with Crippen molar-refractivity contribution in [3.8, 4) is 5.75 Å². The summed E-state index contributed by atoms with van der Waals surface area (Å²) >= 11 is 0. The largest absolute Gasteiger partial charge is 0.488 e. The van der Waals surface area contributed by atoms with Crippen molar-refractivity contribution >= 4 is 11.9 Å². The van der Waals surface area contributed by atoms with Gasteiger partial charge < -0.3 is 19.5 Å². The van der Waals surface area contributed by atoms with Crippen molar-refractivity contribution in [1.29, 1.82) is 0 Å². The highest BCUT2D eigenvalue weighted by atomic mass is 19.3. The number of fused-ring (bicyclic) bond motifs is 1. The molecular weight excluding hydrogens is 504 g/mol. The van der Waals surface area contributed by atoms with Crippen molar-refractivity contribution in [3.05, 3.63) is 101 Å². The van der Waals surface area contributed by atoms with Crippen molar-refractivity contribution in [3.63, 3.8) is 0 Å². The minimum absolute atomic E-state index is 0.0460. The number of carboxylic acid groups (broad SMARTS) is 1. The molecule has 8 heteroatoms. The van der Waals surface area contributed by atoms with Gasteiger partial charge in [0.2, 0.25) is 0 Å². The van der Waals surface area contributed by atoms with Crippen LogP contribution in [-0.2, 0) is 40.3 Å². The Morgan fingerprint density at radius 1 is 1.03 bits per heavy atom. The number of ether oxygens (including phenoxy) is 2. The number of carboxylic acids is 1. The van der Waals surface area contributed by atoms with E-state index in [1.807, 2.05) is 49.4 Å². The number of hydrogen-bond donors (Lipinski definition) is 1. The Balaban J connectivity index is 1.45. The second-order valence-corrected chi connectivity index (χ2v) is 10.2. The number of hydrogen-bond acceptors (Lipinski definition) is 4. The average Bonchev–Trinajstić information content (AvgIpc) is 2.93. The monoisotopic (exact) mass is 535 g/mol. The van der Waals surface area contributed by atoms with Crippen molar-refractivity contribution in [2.45, 2.75) is 69.9 Å². The molecule has 0 aromatic heterocycles. The molecule has 1 amide bonds. The van der Waals surface area contributed by atoms with Crippen LogP contribution < -0.4 is 4.74 Å². The Labute approximate surface area is 226 Å². The predicted molar refractivity (Wildman–Crippen MR) is 141 cm³/mol. The van der Waals surface area contributed by atoms with Gasteiger partial charge in [-0.25, -0.2) is 13.6 Å². The molecule has 5 rings (SSSR count). The van der Waals surface area contributed by atoms with Gasteiger partial charge in [-0.15, -0.1) is 0 Å². The number of aliphatic carboxylic acids is 1. The Bertz CT molecular complexity index is 1320. The van der Waals surface area contributed by atoms with Gasteiger partial charge in [0.05, 0.1) is 6.10 Å². The number of carbonyl (C=O) groups excluding carboxylic acids is 1. The van der Waals surface area contributed by atoms with Crippen LogP contribution in [0.2, 0.25) is 0 Å². The molecule has 0 radical (unpaired) electrons. The van der Waals surface area contributed by atoms with Gasteiger partial charge in [0, 0.05) is 31.4 Å². The van der Waals surface area contributed by atoms with E-state index in [-0.39, 0.29) is 13.0 Å². The van der Waals surface area contributed by atoms with Crippen LogP contribution in [0.3, 0.4) is 0 Å². The minimum atomic E-state index is -2.81. The second-order valence-electron chi connectivity index (χ2n) is 10.2. The summed E-state index contributed by atoms with van der Waals surface area (Å²) in [5.41, 5.74) is 4.02. The zero-order valence-electron chi connectivity index (χ0n) is 21.7. The molecule has 2 aliphatic rings. The topological polar surface area (TPSA) is 76.1 Å². The zero-order chi connectivity index (χ0) is 27.6. The smallest absolute Gasteiger partial charge is 0.326 e. The quantitative estimate of drug-likeness (QED) is 0.379. The molecule has 1 saturated carbocycles. The van der Waals surface area contributed by atoms with Crippen LogP contribution in [0, 0.1) is 0 Å². The molecule has 204 valence electrons. The fourth-order valence-corrected chi connectivity index (χ4v) is 5.28. The van der Waals surface area contributed by atoms with Gasteiger partial charge in [-0.05, 0) is 28.7 Å². The molecule has 0 bridgehead atoms. The molecule has 1 heterocycles. The fourth-order valence-electron chi connectivity index (χ4n) is 5.28. The van der Waals surface area contributed by atoms with Crippen molar-refractivity contribution in [2.24, 2.45) is 0 Å². The molecule has 1 fully saturated rings. The van der Waals surface area contributed by atoms with Crippen LogP contribution in [0.25, 0.3) is 0 Å². The van der Waals surface area contributed by atoms with E-state index in [0.29, 0.717) is 24.3 Å². The van der Waals surface area contributed by atoms with Gasteiger partial charge in [-0.2, -0.15) is 0 Å². The Hall–Kier alpha value is -3.78. The first-order valence-corrected chi connectivity index (χ1v) is 13.2. The minimum Gasteiger partial charge on any atom is -0.488 e. The number of carbonyl (C=O) groups is 2. The van der Waals surface area contributed by atoms with Crippen molar-refractivity contribution in [2.75, 3.05) is 0 Å². The summed E-state index contributed by atoms with van der Waals surface area (Å²) in [6.45, 7) is 2.39.